The van der Waals surface area contributed by atoms with Crippen LogP contribution in [0.1, 0.15) is 64.1 Å². The number of hydrogen-bond donors (Lipinski definition) is 3. The van der Waals surface area contributed by atoms with Gasteiger partial charge in [-0.1, -0.05) is 45.0 Å². The van der Waals surface area contributed by atoms with Gasteiger partial charge in [0, 0.05) is 12.6 Å². The highest BCUT2D eigenvalue weighted by Gasteiger charge is 2.44. The molecule has 2 aliphatic rings. The van der Waals surface area contributed by atoms with Crippen LogP contribution in [0.3, 0.4) is 0 Å². The summed E-state index contributed by atoms with van der Waals surface area (Å²) in [6, 6.07) is 6.06. The van der Waals surface area contributed by atoms with Crippen molar-refractivity contribution in [3.63, 3.8) is 0 Å². The van der Waals surface area contributed by atoms with E-state index in [0.29, 0.717) is 13.0 Å². The molecule has 3 amide bonds. The molecule has 0 spiro atoms. The molecule has 4 N–H and O–H groups in total. The van der Waals surface area contributed by atoms with Gasteiger partial charge in [-0.15, -0.1) is 0 Å². The third kappa shape index (κ3) is 5.81. The minimum absolute atomic E-state index is 0.0646. The smallest absolute Gasteiger partial charge is 0.246 e. The van der Waals surface area contributed by atoms with Crippen LogP contribution in [-0.4, -0.2) is 73.2 Å². The van der Waals surface area contributed by atoms with Crippen LogP contribution in [0.25, 0.3) is 0 Å². The summed E-state index contributed by atoms with van der Waals surface area (Å²) in [7, 11) is 3.64. The van der Waals surface area contributed by atoms with E-state index in [1.807, 2.05) is 47.9 Å². The Bertz CT molecular complexity index is 916. The summed E-state index contributed by atoms with van der Waals surface area (Å²) in [5, 5.41) is 6.13. The lowest BCUT2D eigenvalue weighted by Crippen LogP contribution is -2.59. The van der Waals surface area contributed by atoms with Crippen LogP contribution < -0.4 is 16.4 Å². The number of amides is 3. The number of carbonyl (C=O) groups excluding carboxylic acids is 3. The first-order valence-corrected chi connectivity index (χ1v) is 12.3. The molecule has 1 aliphatic heterocycles. The van der Waals surface area contributed by atoms with E-state index in [9.17, 15) is 14.4 Å². The number of benzene rings is 1. The monoisotopic (exact) mass is 469 g/mol. The van der Waals surface area contributed by atoms with Crippen molar-refractivity contribution in [2.45, 2.75) is 83.6 Å². The van der Waals surface area contributed by atoms with E-state index >= 15 is 0 Å². The summed E-state index contributed by atoms with van der Waals surface area (Å²) >= 11 is 0. The molecule has 1 heterocycles. The highest BCUT2D eigenvalue weighted by Crippen LogP contribution is 2.31. The van der Waals surface area contributed by atoms with Gasteiger partial charge in [0.1, 0.15) is 12.1 Å². The van der Waals surface area contributed by atoms with Crippen molar-refractivity contribution in [1.29, 1.82) is 0 Å². The molecule has 0 aromatic heterocycles. The second kappa shape index (κ2) is 10.5. The van der Waals surface area contributed by atoms with Crippen LogP contribution in [-0.2, 0) is 20.8 Å². The second-order valence-electron chi connectivity index (χ2n) is 11.1. The van der Waals surface area contributed by atoms with E-state index in [0.717, 1.165) is 24.8 Å². The Kier molecular flexibility index (Phi) is 8.08. The standard InChI is InChI=1S/C25H40BN5O3/c1-15(30(5)26)22(32)29-21(25(2,3)4)24(34)31-14-17(27)13-20(31)23(33)28-19-12-8-10-16-9-6-7-11-18(16)19/h6-7,9,11,15,17,19-21H,8,10,12-14,26-27H2,1-5H3,(H,28,33)(H,29,32)/t15-,17-,19+,20-,21+/m0/s1. The summed E-state index contributed by atoms with van der Waals surface area (Å²) in [5.41, 5.74) is 8.12. The second-order valence-corrected chi connectivity index (χ2v) is 11.1. The third-order valence-electron chi connectivity index (χ3n) is 7.16. The van der Waals surface area contributed by atoms with Crippen LogP contribution in [0.2, 0.25) is 0 Å². The zero-order valence-electron chi connectivity index (χ0n) is 21.4. The van der Waals surface area contributed by atoms with Crippen LogP contribution in [0.15, 0.2) is 24.3 Å². The summed E-state index contributed by atoms with van der Waals surface area (Å²) in [6.45, 7) is 7.84. The largest absolute Gasteiger partial charge is 0.347 e. The minimum Gasteiger partial charge on any atom is -0.347 e. The number of nitrogens with one attached hydrogen (secondary N) is 2. The van der Waals surface area contributed by atoms with Gasteiger partial charge < -0.3 is 26.1 Å². The van der Waals surface area contributed by atoms with E-state index in [-0.39, 0.29) is 35.8 Å². The van der Waals surface area contributed by atoms with Crippen molar-refractivity contribution in [1.82, 2.24) is 20.3 Å². The van der Waals surface area contributed by atoms with Crippen molar-refractivity contribution in [3.05, 3.63) is 35.4 Å². The fraction of sp³-hybridized carbons (Fsp3) is 0.640. The number of fused-ring (bicyclic) bond motifs is 1. The third-order valence-corrected chi connectivity index (χ3v) is 7.16. The Morgan fingerprint density at radius 1 is 1.24 bits per heavy atom. The van der Waals surface area contributed by atoms with E-state index in [2.05, 4.69) is 22.8 Å². The molecular weight excluding hydrogens is 429 g/mol. The molecule has 1 aliphatic carbocycles. The number of likely N-dealkylation sites (tertiary alicyclic amines) is 1. The quantitative estimate of drug-likeness (QED) is 0.527. The zero-order chi connectivity index (χ0) is 25.2. The molecule has 0 radical (unpaired) electrons. The molecule has 9 heteroatoms. The van der Waals surface area contributed by atoms with Crippen molar-refractivity contribution < 1.29 is 14.4 Å². The number of nitrogens with zero attached hydrogens (tertiary/aromatic N) is 2. The predicted octanol–water partition coefficient (Wildman–Crippen LogP) is 0.508. The molecule has 0 bridgehead atoms. The molecule has 34 heavy (non-hydrogen) atoms. The minimum atomic E-state index is -0.765. The van der Waals surface area contributed by atoms with E-state index in [1.165, 1.54) is 5.56 Å². The van der Waals surface area contributed by atoms with Crippen LogP contribution >= 0.6 is 0 Å². The molecule has 0 unspecified atom stereocenters. The number of rotatable bonds is 6. The molecule has 5 atom stereocenters. The van der Waals surface area contributed by atoms with Gasteiger partial charge in [-0.05, 0) is 56.2 Å². The highest BCUT2D eigenvalue weighted by atomic mass is 16.2. The maximum atomic E-state index is 13.7. The highest BCUT2D eigenvalue weighted by molar-refractivity contribution is 6.06. The van der Waals surface area contributed by atoms with Gasteiger partial charge in [0.25, 0.3) is 0 Å². The Hall–Kier alpha value is -2.39. The molecule has 1 saturated heterocycles. The van der Waals surface area contributed by atoms with Crippen molar-refractivity contribution in [3.8, 4) is 0 Å². The van der Waals surface area contributed by atoms with Gasteiger partial charge in [-0.3, -0.25) is 14.4 Å². The Morgan fingerprint density at radius 2 is 1.91 bits per heavy atom. The van der Waals surface area contributed by atoms with E-state index in [1.54, 1.807) is 16.6 Å². The summed E-state index contributed by atoms with van der Waals surface area (Å²) < 4.78 is 0. The fourth-order valence-electron chi connectivity index (χ4n) is 4.84. The number of hydrogen-bond acceptors (Lipinski definition) is 5. The van der Waals surface area contributed by atoms with Gasteiger partial charge in [0.05, 0.1) is 12.1 Å². The first kappa shape index (κ1) is 26.2. The molecule has 1 aromatic rings. The Labute approximate surface area is 204 Å². The first-order chi connectivity index (χ1) is 15.9. The average molecular weight is 469 g/mol. The maximum Gasteiger partial charge on any atom is 0.246 e. The lowest BCUT2D eigenvalue weighted by molar-refractivity contribution is -0.144. The lowest BCUT2D eigenvalue weighted by Gasteiger charge is -2.37. The van der Waals surface area contributed by atoms with Crippen LogP contribution in [0, 0.1) is 5.41 Å². The molecule has 1 aromatic carbocycles. The molecular formula is C25H40BN5O3. The molecule has 8 nitrogen and oxygen atoms in total. The summed E-state index contributed by atoms with van der Waals surface area (Å²) in [5.74, 6) is -0.658. The predicted molar refractivity (Wildman–Crippen MR) is 136 cm³/mol. The van der Waals surface area contributed by atoms with Gasteiger partial charge >= 0.3 is 0 Å². The molecule has 186 valence electrons. The lowest BCUT2D eigenvalue weighted by atomic mass is 9.85. The van der Waals surface area contributed by atoms with Crippen molar-refractivity contribution >= 4 is 25.7 Å². The number of aryl methyl sites for hydroxylation is 1. The van der Waals surface area contributed by atoms with Gasteiger partial charge in [-0.25, -0.2) is 0 Å². The number of nitrogens with two attached hydrogens (primary N) is 1. The van der Waals surface area contributed by atoms with Gasteiger partial charge in [0.15, 0.2) is 7.98 Å². The number of carbonyl (C=O) groups is 3. The number of likely N-dealkylation sites (N-methyl/N-ethyl adjacent to an activating group) is 1. The normalized spacial score (nSPS) is 24.3. The maximum absolute atomic E-state index is 13.7. The van der Waals surface area contributed by atoms with Gasteiger partial charge in [-0.2, -0.15) is 0 Å². The summed E-state index contributed by atoms with van der Waals surface area (Å²) in [6.07, 6.45) is 3.31. The fourth-order valence-corrected chi connectivity index (χ4v) is 4.84. The molecule has 1 fully saturated rings. The van der Waals surface area contributed by atoms with E-state index in [4.69, 9.17) is 5.73 Å². The van der Waals surface area contributed by atoms with Crippen molar-refractivity contribution in [2.75, 3.05) is 13.6 Å². The van der Waals surface area contributed by atoms with Gasteiger partial charge in [0.2, 0.25) is 17.7 Å². The first-order valence-electron chi connectivity index (χ1n) is 12.3. The Morgan fingerprint density at radius 3 is 2.56 bits per heavy atom. The van der Waals surface area contributed by atoms with Crippen molar-refractivity contribution in [2.24, 2.45) is 11.1 Å². The van der Waals surface area contributed by atoms with Crippen LogP contribution in [0.5, 0.6) is 0 Å². The van der Waals surface area contributed by atoms with Crippen LogP contribution in [0.4, 0.5) is 0 Å². The molecule has 0 saturated carbocycles. The van der Waals surface area contributed by atoms with E-state index < -0.39 is 17.5 Å². The Balaban J connectivity index is 1.78. The zero-order valence-corrected chi connectivity index (χ0v) is 21.4. The molecule has 3 rings (SSSR count). The average Bonchev–Trinajstić information content (AvgIpc) is 3.17. The summed E-state index contributed by atoms with van der Waals surface area (Å²) in [4.78, 5) is 43.3. The topological polar surface area (TPSA) is 108 Å². The SMILES string of the molecule is BN(C)[C@@H](C)C(=O)N[C@H](C(=O)N1C[C@@H](N)C[C@H]1C(=O)N[C@@H]1CCCc2ccccc21)C(C)(C)C.